The van der Waals surface area contributed by atoms with Crippen molar-refractivity contribution in [3.05, 3.63) is 35.4 Å². The quantitative estimate of drug-likeness (QED) is 0.523. The molecule has 102 valence electrons. The fraction of sp³-hybridized carbons (Fsp3) is 0.571. The van der Waals surface area contributed by atoms with Gasteiger partial charge in [0.05, 0.1) is 0 Å². The van der Waals surface area contributed by atoms with Gasteiger partial charge in [0.1, 0.15) is 11.6 Å². The molecule has 0 N–H and O–H groups in total. The number of benzene rings is 1. The number of unbranched alkanes of at least 4 members (excludes halogenated alkanes) is 1. The molecule has 0 aromatic heterocycles. The van der Waals surface area contributed by atoms with E-state index in [-0.39, 0.29) is 0 Å². The molecule has 0 spiro atoms. The molecule has 0 aliphatic rings. The second kappa shape index (κ2) is 7.00. The first-order chi connectivity index (χ1) is 8.43. The summed E-state index contributed by atoms with van der Waals surface area (Å²) in [5.41, 5.74) is 0.739. The molecule has 0 fully saturated rings. The summed E-state index contributed by atoms with van der Waals surface area (Å²) in [7, 11) is -1.51. The maximum absolute atomic E-state index is 13.0. The van der Waals surface area contributed by atoms with Crippen molar-refractivity contribution in [2.24, 2.45) is 0 Å². The van der Waals surface area contributed by atoms with Crippen molar-refractivity contribution in [1.29, 1.82) is 0 Å². The number of rotatable bonds is 7. The zero-order valence-electron chi connectivity index (χ0n) is 11.4. The Hall–Kier alpha value is -0.743. The predicted octanol–water partition coefficient (Wildman–Crippen LogP) is 4.53. The van der Waals surface area contributed by atoms with Crippen LogP contribution in [0, 0.1) is 11.6 Å². The summed E-state index contributed by atoms with van der Waals surface area (Å²) in [5, 5.41) is 0. The van der Waals surface area contributed by atoms with Crippen LogP contribution in [-0.4, -0.2) is 14.9 Å². The highest BCUT2D eigenvalue weighted by Crippen LogP contribution is 2.17. The summed E-state index contributed by atoms with van der Waals surface area (Å²) < 4.78 is 31.7. The van der Waals surface area contributed by atoms with Crippen molar-refractivity contribution < 1.29 is 13.2 Å². The first kappa shape index (κ1) is 15.3. The van der Waals surface area contributed by atoms with Crippen molar-refractivity contribution in [3.63, 3.8) is 0 Å². The third-order valence-corrected chi connectivity index (χ3v) is 5.58. The van der Waals surface area contributed by atoms with Gasteiger partial charge in [-0.1, -0.05) is 6.42 Å². The Balaban J connectivity index is 2.33. The van der Waals surface area contributed by atoms with E-state index in [2.05, 4.69) is 13.1 Å². The normalized spacial score (nSPS) is 11.8. The zero-order chi connectivity index (χ0) is 13.6. The number of aryl methyl sites for hydroxylation is 1. The molecule has 1 rings (SSSR count). The van der Waals surface area contributed by atoms with Crippen LogP contribution in [0.4, 0.5) is 8.78 Å². The monoisotopic (exact) mass is 272 g/mol. The number of halogens is 2. The van der Waals surface area contributed by atoms with Gasteiger partial charge in [-0.05, 0) is 56.6 Å². The molecule has 0 unspecified atom stereocenters. The van der Waals surface area contributed by atoms with E-state index in [9.17, 15) is 8.78 Å². The van der Waals surface area contributed by atoms with Crippen molar-refractivity contribution in [1.82, 2.24) is 0 Å². The molecule has 1 aromatic carbocycles. The van der Waals surface area contributed by atoms with Crippen LogP contribution in [0.15, 0.2) is 18.2 Å². The summed E-state index contributed by atoms with van der Waals surface area (Å²) >= 11 is 0. The van der Waals surface area contributed by atoms with Crippen LogP contribution in [0.1, 0.15) is 25.3 Å². The molecule has 0 saturated heterocycles. The molecule has 1 aromatic rings. The van der Waals surface area contributed by atoms with Gasteiger partial charge in [0.2, 0.25) is 0 Å². The largest absolute Gasteiger partial charge is 0.418 e. The Labute approximate surface area is 109 Å². The molecule has 0 radical (unpaired) electrons. The third kappa shape index (κ3) is 5.73. The zero-order valence-corrected chi connectivity index (χ0v) is 12.4. The van der Waals surface area contributed by atoms with Crippen LogP contribution >= 0.6 is 0 Å². The minimum absolute atomic E-state index is 0.492. The molecule has 1 nitrogen and oxygen atoms in total. The number of hydrogen-bond acceptors (Lipinski definition) is 1. The molecule has 0 atom stereocenters. The summed E-state index contributed by atoms with van der Waals surface area (Å²) in [6, 6.07) is 4.83. The Kier molecular flexibility index (Phi) is 5.95. The van der Waals surface area contributed by atoms with Gasteiger partial charge in [-0.3, -0.25) is 0 Å². The van der Waals surface area contributed by atoms with Gasteiger partial charge in [-0.25, -0.2) is 8.78 Å². The molecule has 0 bridgehead atoms. The lowest BCUT2D eigenvalue weighted by molar-refractivity contribution is 0.327. The van der Waals surface area contributed by atoms with Crippen molar-refractivity contribution >= 4 is 8.32 Å². The maximum Gasteiger partial charge on any atom is 0.186 e. The smallest absolute Gasteiger partial charge is 0.186 e. The van der Waals surface area contributed by atoms with Crippen LogP contribution in [0.5, 0.6) is 0 Å². The van der Waals surface area contributed by atoms with Crippen molar-refractivity contribution in [3.8, 4) is 0 Å². The topological polar surface area (TPSA) is 9.23 Å². The van der Waals surface area contributed by atoms with E-state index in [0.717, 1.165) is 43.5 Å². The Morgan fingerprint density at radius 3 is 2.22 bits per heavy atom. The second-order valence-corrected chi connectivity index (χ2v) is 9.49. The predicted molar refractivity (Wildman–Crippen MR) is 73.2 cm³/mol. The van der Waals surface area contributed by atoms with Gasteiger partial charge in [-0.15, -0.1) is 0 Å². The van der Waals surface area contributed by atoms with Crippen LogP contribution in [-0.2, 0) is 10.8 Å². The van der Waals surface area contributed by atoms with Gasteiger partial charge in [-0.2, -0.15) is 0 Å². The Bertz CT molecular complexity index is 360. The minimum Gasteiger partial charge on any atom is -0.418 e. The summed E-state index contributed by atoms with van der Waals surface area (Å²) in [6.07, 6.45) is 2.73. The molecular weight excluding hydrogens is 250 g/mol. The maximum atomic E-state index is 13.0. The summed E-state index contributed by atoms with van der Waals surface area (Å²) in [5.74, 6) is -0.983. The molecule has 0 aliphatic heterocycles. The molecular formula is C14H22F2OSi. The van der Waals surface area contributed by atoms with Gasteiger partial charge in [0.25, 0.3) is 0 Å². The minimum atomic E-state index is -1.51. The molecule has 18 heavy (non-hydrogen) atoms. The molecule has 0 aliphatic carbocycles. The first-order valence-electron chi connectivity index (χ1n) is 6.52. The standard InChI is InChI=1S/C14H22F2OSi/c1-4-17-18(2,3)8-6-5-7-12-9-13(15)11-14(16)10-12/h9-11H,4-8H2,1-3H3. The van der Waals surface area contributed by atoms with Gasteiger partial charge < -0.3 is 4.43 Å². The lowest BCUT2D eigenvalue weighted by atomic mass is 10.1. The summed E-state index contributed by atoms with van der Waals surface area (Å²) in [4.78, 5) is 0. The average Bonchev–Trinajstić information content (AvgIpc) is 2.23. The SMILES string of the molecule is CCO[Si](C)(C)CCCCc1cc(F)cc(F)c1. The second-order valence-electron chi connectivity index (χ2n) is 5.18. The van der Waals surface area contributed by atoms with E-state index in [0.29, 0.717) is 0 Å². The Morgan fingerprint density at radius 2 is 1.67 bits per heavy atom. The molecule has 0 saturated carbocycles. The van der Waals surface area contributed by atoms with Crippen LogP contribution in [0.3, 0.4) is 0 Å². The lowest BCUT2D eigenvalue weighted by Crippen LogP contribution is -2.29. The lowest BCUT2D eigenvalue weighted by Gasteiger charge is -2.21. The van der Waals surface area contributed by atoms with E-state index in [4.69, 9.17) is 4.43 Å². The van der Waals surface area contributed by atoms with Crippen molar-refractivity contribution in [2.75, 3.05) is 6.61 Å². The number of hydrogen-bond donors (Lipinski definition) is 0. The third-order valence-electron chi connectivity index (χ3n) is 2.95. The van der Waals surface area contributed by atoms with Gasteiger partial charge >= 0.3 is 0 Å². The Morgan fingerprint density at radius 1 is 1.06 bits per heavy atom. The highest BCUT2D eigenvalue weighted by atomic mass is 28.4. The van der Waals surface area contributed by atoms with Gasteiger partial charge in [0, 0.05) is 12.7 Å². The fourth-order valence-corrected chi connectivity index (χ4v) is 4.13. The molecule has 4 heteroatoms. The summed E-state index contributed by atoms with van der Waals surface area (Å²) in [6.45, 7) is 7.20. The van der Waals surface area contributed by atoms with Crippen LogP contribution < -0.4 is 0 Å². The average molecular weight is 272 g/mol. The highest BCUT2D eigenvalue weighted by molar-refractivity contribution is 6.71. The van der Waals surface area contributed by atoms with Crippen LogP contribution in [0.25, 0.3) is 0 Å². The van der Waals surface area contributed by atoms with E-state index in [1.165, 1.54) is 12.1 Å². The van der Waals surface area contributed by atoms with E-state index < -0.39 is 20.0 Å². The van der Waals surface area contributed by atoms with E-state index in [1.807, 2.05) is 6.92 Å². The van der Waals surface area contributed by atoms with E-state index in [1.54, 1.807) is 0 Å². The molecule has 0 amide bonds. The molecule has 0 heterocycles. The van der Waals surface area contributed by atoms with Crippen molar-refractivity contribution in [2.45, 2.75) is 45.3 Å². The van der Waals surface area contributed by atoms with Crippen LogP contribution in [0.2, 0.25) is 19.1 Å². The first-order valence-corrected chi connectivity index (χ1v) is 9.63. The van der Waals surface area contributed by atoms with E-state index >= 15 is 0 Å². The van der Waals surface area contributed by atoms with Gasteiger partial charge in [0.15, 0.2) is 8.32 Å². The highest BCUT2D eigenvalue weighted by Gasteiger charge is 2.20. The fourth-order valence-electron chi connectivity index (χ4n) is 2.10.